The number of fused-ring (bicyclic) bond motifs is 7. The predicted octanol–water partition coefficient (Wildman–Crippen LogP) is 5.80. The molecule has 6 nitrogen and oxygen atoms in total. The Labute approximate surface area is 210 Å². The molecule has 3 N–H and O–H groups in total. The van der Waals surface area contributed by atoms with Gasteiger partial charge in [-0.15, -0.1) is 0 Å². The third kappa shape index (κ3) is 2.78. The standard InChI is InChI=1S/C29H45N3O3/c1-25(2)20-9-12-28(5)21(26(20,3)11-10-22(25)33)7-6-18-23-17(19-16-30-32-31-19)8-13-29(23,24(34)35)15-14-27(18,28)4/h16-18,20-23,33H,6-15H2,1-5H3,(H,34,35)(H,30,31,32)/t17-,18+,20-,21+,22?,23+,26-,27+,28+,29-/m0/s1. The van der Waals surface area contributed by atoms with E-state index in [-0.39, 0.29) is 39.6 Å². The summed E-state index contributed by atoms with van der Waals surface area (Å²) in [6, 6.07) is 0. The fourth-order valence-electron chi connectivity index (χ4n) is 11.7. The zero-order valence-corrected chi connectivity index (χ0v) is 22.3. The number of carboxylic acid groups (broad SMARTS) is 1. The van der Waals surface area contributed by atoms with Crippen LogP contribution in [0, 0.1) is 50.7 Å². The zero-order valence-electron chi connectivity index (χ0n) is 22.3. The molecular weight excluding hydrogens is 438 g/mol. The highest BCUT2D eigenvalue weighted by molar-refractivity contribution is 5.76. The van der Waals surface area contributed by atoms with Crippen LogP contribution in [0.4, 0.5) is 0 Å². The topological polar surface area (TPSA) is 99.1 Å². The molecule has 10 atom stereocenters. The normalized spacial score (nSPS) is 52.6. The molecule has 5 saturated carbocycles. The number of nitrogens with zero attached hydrogens (tertiary/aromatic N) is 2. The van der Waals surface area contributed by atoms with E-state index in [9.17, 15) is 15.0 Å². The van der Waals surface area contributed by atoms with Crippen LogP contribution in [0.25, 0.3) is 0 Å². The molecule has 1 aromatic rings. The first kappa shape index (κ1) is 23.9. The number of H-pyrrole nitrogens is 1. The van der Waals surface area contributed by atoms with E-state index in [1.807, 2.05) is 6.20 Å². The lowest BCUT2D eigenvalue weighted by atomic mass is 9.32. The van der Waals surface area contributed by atoms with Gasteiger partial charge in [-0.3, -0.25) is 4.79 Å². The fraction of sp³-hybridized carbons (Fsp3) is 0.897. The molecule has 0 amide bonds. The molecule has 1 unspecified atom stereocenters. The van der Waals surface area contributed by atoms with Crippen LogP contribution in [-0.4, -0.2) is 37.7 Å². The van der Waals surface area contributed by atoms with E-state index in [4.69, 9.17) is 0 Å². The minimum Gasteiger partial charge on any atom is -0.481 e. The second-order valence-corrected chi connectivity index (χ2v) is 14.6. The Morgan fingerprint density at radius 1 is 0.914 bits per heavy atom. The first-order chi connectivity index (χ1) is 16.4. The minimum atomic E-state index is -0.616. The second-order valence-electron chi connectivity index (χ2n) is 14.6. The van der Waals surface area contributed by atoms with Gasteiger partial charge in [-0.1, -0.05) is 34.6 Å². The van der Waals surface area contributed by atoms with E-state index < -0.39 is 11.4 Å². The summed E-state index contributed by atoms with van der Waals surface area (Å²) in [7, 11) is 0. The van der Waals surface area contributed by atoms with E-state index >= 15 is 0 Å². The molecule has 1 aromatic heterocycles. The Morgan fingerprint density at radius 2 is 1.69 bits per heavy atom. The van der Waals surface area contributed by atoms with Gasteiger partial charge in [0, 0.05) is 5.92 Å². The van der Waals surface area contributed by atoms with Crippen molar-refractivity contribution in [3.63, 3.8) is 0 Å². The van der Waals surface area contributed by atoms with Gasteiger partial charge in [-0.2, -0.15) is 15.4 Å². The quantitative estimate of drug-likeness (QED) is 0.494. The molecule has 0 saturated heterocycles. The number of aromatic nitrogens is 3. The highest BCUT2D eigenvalue weighted by atomic mass is 16.4. The van der Waals surface area contributed by atoms with Gasteiger partial charge < -0.3 is 10.2 Å². The maximum absolute atomic E-state index is 12.9. The predicted molar refractivity (Wildman–Crippen MR) is 133 cm³/mol. The summed E-state index contributed by atoms with van der Waals surface area (Å²) in [6.07, 6.45) is 11.8. The Kier molecular flexibility index (Phi) is 5.01. The number of rotatable bonds is 2. The second kappa shape index (κ2) is 7.33. The number of carbonyl (C=O) groups is 1. The van der Waals surface area contributed by atoms with Crippen LogP contribution >= 0.6 is 0 Å². The molecule has 5 aliphatic rings. The van der Waals surface area contributed by atoms with E-state index in [0.717, 1.165) is 50.6 Å². The zero-order chi connectivity index (χ0) is 25.0. The summed E-state index contributed by atoms with van der Waals surface area (Å²) in [5.41, 5.74) is 0.872. The molecule has 5 fully saturated rings. The lowest BCUT2D eigenvalue weighted by molar-refractivity contribution is -0.247. The highest BCUT2D eigenvalue weighted by Gasteiger charge is 2.72. The smallest absolute Gasteiger partial charge is 0.309 e. The molecule has 0 bridgehead atoms. The van der Waals surface area contributed by atoms with Gasteiger partial charge in [0.05, 0.1) is 23.4 Å². The Balaban J connectivity index is 1.42. The molecule has 6 rings (SSSR count). The minimum absolute atomic E-state index is 0.0411. The van der Waals surface area contributed by atoms with Crippen molar-refractivity contribution in [1.29, 1.82) is 0 Å². The molecule has 0 spiro atoms. The number of carboxylic acids is 1. The molecule has 6 heteroatoms. The number of hydrogen-bond acceptors (Lipinski definition) is 4. The van der Waals surface area contributed by atoms with Crippen molar-refractivity contribution in [3.8, 4) is 0 Å². The summed E-state index contributed by atoms with van der Waals surface area (Å²) in [4.78, 5) is 12.9. The van der Waals surface area contributed by atoms with Crippen LogP contribution in [0.15, 0.2) is 6.20 Å². The molecule has 0 aliphatic heterocycles. The van der Waals surface area contributed by atoms with E-state index in [1.54, 1.807) is 0 Å². The number of aliphatic hydroxyl groups excluding tert-OH is 1. The average Bonchev–Trinajstić information content (AvgIpc) is 3.45. The fourth-order valence-corrected chi connectivity index (χ4v) is 11.7. The maximum atomic E-state index is 12.9. The first-order valence-electron chi connectivity index (χ1n) is 14.2. The third-order valence-electron chi connectivity index (χ3n) is 13.7. The van der Waals surface area contributed by atoms with Crippen molar-refractivity contribution in [1.82, 2.24) is 15.4 Å². The highest BCUT2D eigenvalue weighted by Crippen LogP contribution is 2.77. The molecule has 194 valence electrons. The van der Waals surface area contributed by atoms with Gasteiger partial charge in [0.25, 0.3) is 0 Å². The molecule has 0 radical (unpaired) electrons. The average molecular weight is 484 g/mol. The van der Waals surface area contributed by atoms with Crippen LogP contribution in [0.1, 0.15) is 110 Å². The van der Waals surface area contributed by atoms with Crippen LogP contribution in [0.2, 0.25) is 0 Å². The van der Waals surface area contributed by atoms with Crippen molar-refractivity contribution < 1.29 is 15.0 Å². The summed E-state index contributed by atoms with van der Waals surface area (Å²) in [5.74, 6) is 1.32. The summed E-state index contributed by atoms with van der Waals surface area (Å²) < 4.78 is 0. The Bertz CT molecular complexity index is 1010. The van der Waals surface area contributed by atoms with Gasteiger partial charge in [0.1, 0.15) is 0 Å². The molecule has 5 aliphatic carbocycles. The first-order valence-corrected chi connectivity index (χ1v) is 14.2. The number of aromatic amines is 1. The van der Waals surface area contributed by atoms with Gasteiger partial charge >= 0.3 is 5.97 Å². The van der Waals surface area contributed by atoms with Crippen molar-refractivity contribution in [2.75, 3.05) is 0 Å². The Morgan fingerprint density at radius 3 is 2.37 bits per heavy atom. The lowest BCUT2D eigenvalue weighted by Gasteiger charge is -2.72. The number of aliphatic carboxylic acids is 1. The third-order valence-corrected chi connectivity index (χ3v) is 13.7. The monoisotopic (exact) mass is 483 g/mol. The number of hydrogen-bond donors (Lipinski definition) is 3. The summed E-state index contributed by atoms with van der Waals surface area (Å²) in [6.45, 7) is 12.3. The van der Waals surface area contributed by atoms with E-state index in [0.29, 0.717) is 17.8 Å². The van der Waals surface area contributed by atoms with Crippen LogP contribution in [0.3, 0.4) is 0 Å². The molecule has 1 heterocycles. The summed E-state index contributed by atoms with van der Waals surface area (Å²) >= 11 is 0. The van der Waals surface area contributed by atoms with Crippen LogP contribution in [0.5, 0.6) is 0 Å². The molecule has 0 aromatic carbocycles. The van der Waals surface area contributed by atoms with Crippen molar-refractivity contribution in [2.45, 2.75) is 111 Å². The van der Waals surface area contributed by atoms with Gasteiger partial charge in [-0.25, -0.2) is 0 Å². The van der Waals surface area contributed by atoms with Crippen LogP contribution in [-0.2, 0) is 4.79 Å². The van der Waals surface area contributed by atoms with Gasteiger partial charge in [-0.05, 0) is 110 Å². The Hall–Kier alpha value is -1.43. The molecule has 35 heavy (non-hydrogen) atoms. The largest absolute Gasteiger partial charge is 0.481 e. The van der Waals surface area contributed by atoms with Crippen molar-refractivity contribution >= 4 is 5.97 Å². The van der Waals surface area contributed by atoms with Crippen molar-refractivity contribution in [2.24, 2.45) is 50.7 Å². The number of aliphatic hydroxyl groups is 1. The van der Waals surface area contributed by atoms with E-state index in [1.165, 1.54) is 19.3 Å². The summed E-state index contributed by atoms with van der Waals surface area (Å²) in [5, 5.41) is 32.9. The number of nitrogens with one attached hydrogen (secondary N) is 1. The van der Waals surface area contributed by atoms with Crippen LogP contribution < -0.4 is 0 Å². The SMILES string of the molecule is CC1(C)C(O)CC[C@]2(C)[C@H]3CC[C@@H]4[C@H]5[C@H](c6cn[nH]n6)CC[C@]5(C(=O)O)CC[C@@]4(C)[C@]3(C)CC[C@@H]12. The van der Waals surface area contributed by atoms with Gasteiger partial charge in [0.2, 0.25) is 0 Å². The van der Waals surface area contributed by atoms with Crippen molar-refractivity contribution in [3.05, 3.63) is 11.9 Å². The maximum Gasteiger partial charge on any atom is 0.309 e. The van der Waals surface area contributed by atoms with Gasteiger partial charge in [0.15, 0.2) is 0 Å². The lowest BCUT2D eigenvalue weighted by Crippen LogP contribution is -2.67. The molecular formula is C29H45N3O3. The van der Waals surface area contributed by atoms with E-state index in [2.05, 4.69) is 50.0 Å².